The van der Waals surface area contributed by atoms with Crippen molar-refractivity contribution in [2.75, 3.05) is 13.1 Å². The Balaban J connectivity index is 1.81. The molecule has 1 aromatic rings. The molecule has 1 saturated heterocycles. The highest BCUT2D eigenvalue weighted by Crippen LogP contribution is 2.26. The number of carbonyl (C=O) groups is 1. The van der Waals surface area contributed by atoms with Gasteiger partial charge in [0.2, 0.25) is 0 Å². The fourth-order valence-electron chi connectivity index (χ4n) is 2.52. The number of nitrogens with zero attached hydrogens (tertiary/aromatic N) is 1. The molecule has 0 aliphatic carbocycles. The van der Waals surface area contributed by atoms with Crippen LogP contribution in [0, 0.1) is 5.92 Å². The largest absolute Gasteiger partial charge is 0.481 e. The lowest BCUT2D eigenvalue weighted by molar-refractivity contribution is -0.137. The molecular formula is C13H18BrNO2S. The Morgan fingerprint density at radius 2 is 2.39 bits per heavy atom. The summed E-state index contributed by atoms with van der Waals surface area (Å²) in [5.74, 6) is -0.118. The van der Waals surface area contributed by atoms with Gasteiger partial charge < -0.3 is 5.11 Å². The van der Waals surface area contributed by atoms with Gasteiger partial charge >= 0.3 is 5.97 Å². The van der Waals surface area contributed by atoms with E-state index in [1.165, 1.54) is 21.5 Å². The zero-order valence-corrected chi connectivity index (χ0v) is 12.7. The summed E-state index contributed by atoms with van der Waals surface area (Å²) in [7, 11) is 0. The number of carboxylic acid groups (broad SMARTS) is 1. The lowest BCUT2D eigenvalue weighted by Gasteiger charge is -2.32. The molecule has 0 spiro atoms. The molecule has 1 atom stereocenters. The van der Waals surface area contributed by atoms with Gasteiger partial charge in [-0.3, -0.25) is 9.69 Å². The first kappa shape index (κ1) is 14.0. The van der Waals surface area contributed by atoms with Gasteiger partial charge in [0, 0.05) is 24.4 Å². The normalized spacial score (nSPS) is 21.1. The minimum absolute atomic E-state index is 0.309. The van der Waals surface area contributed by atoms with Gasteiger partial charge in [-0.25, -0.2) is 0 Å². The molecule has 0 aromatic carbocycles. The second-order valence-electron chi connectivity index (χ2n) is 4.88. The third kappa shape index (κ3) is 4.37. The van der Waals surface area contributed by atoms with E-state index in [9.17, 15) is 4.79 Å². The Hall–Kier alpha value is -0.390. The van der Waals surface area contributed by atoms with Gasteiger partial charge in [0.25, 0.3) is 0 Å². The fraction of sp³-hybridized carbons (Fsp3) is 0.615. The number of rotatable bonds is 5. The van der Waals surface area contributed by atoms with Crippen LogP contribution in [0.25, 0.3) is 0 Å². The molecule has 18 heavy (non-hydrogen) atoms. The lowest BCUT2D eigenvalue weighted by atomic mass is 9.93. The molecular weight excluding hydrogens is 314 g/mol. The molecule has 0 amide bonds. The van der Waals surface area contributed by atoms with Crippen LogP contribution in [0.4, 0.5) is 0 Å². The average molecular weight is 332 g/mol. The maximum atomic E-state index is 10.6. The average Bonchev–Trinajstić information content (AvgIpc) is 2.73. The molecule has 3 nitrogen and oxygen atoms in total. The van der Waals surface area contributed by atoms with Gasteiger partial charge in [-0.2, -0.15) is 0 Å². The van der Waals surface area contributed by atoms with Crippen molar-refractivity contribution < 1.29 is 9.90 Å². The minimum Gasteiger partial charge on any atom is -0.481 e. The zero-order chi connectivity index (χ0) is 13.0. The summed E-state index contributed by atoms with van der Waals surface area (Å²) < 4.78 is 1.18. The molecule has 5 heteroatoms. The predicted octanol–water partition coefficient (Wildman–Crippen LogP) is 3.59. The maximum absolute atomic E-state index is 10.6. The molecule has 1 fully saturated rings. The van der Waals surface area contributed by atoms with Crippen LogP contribution in [0.2, 0.25) is 0 Å². The molecule has 1 aromatic heterocycles. The summed E-state index contributed by atoms with van der Waals surface area (Å²) in [5, 5.41) is 8.73. The van der Waals surface area contributed by atoms with E-state index in [0.29, 0.717) is 12.3 Å². The number of piperidine rings is 1. The molecule has 1 aliphatic heterocycles. The third-order valence-corrected chi connectivity index (χ3v) is 4.99. The van der Waals surface area contributed by atoms with Gasteiger partial charge in [0.1, 0.15) is 0 Å². The topological polar surface area (TPSA) is 40.5 Å². The number of halogens is 1. The minimum atomic E-state index is -0.672. The van der Waals surface area contributed by atoms with Crippen LogP contribution in [0.15, 0.2) is 15.9 Å². The summed E-state index contributed by atoms with van der Waals surface area (Å²) in [6.07, 6.45) is 3.50. The van der Waals surface area contributed by atoms with Crippen LogP contribution in [-0.2, 0) is 11.3 Å². The number of likely N-dealkylation sites (tertiary alicyclic amines) is 1. The molecule has 1 aliphatic rings. The van der Waals surface area contributed by atoms with Crippen molar-refractivity contribution in [1.82, 2.24) is 4.90 Å². The van der Waals surface area contributed by atoms with Gasteiger partial charge in [-0.15, -0.1) is 11.3 Å². The Kier molecular flexibility index (Phi) is 5.21. The Labute approximate surface area is 120 Å². The van der Waals surface area contributed by atoms with Crippen LogP contribution >= 0.6 is 27.3 Å². The standard InChI is InChI=1S/C13H18BrNO2S/c14-12-5-4-11(18-12)9-15-7-1-2-10(8-15)3-6-13(16)17/h4-5,10H,1-3,6-9H2,(H,16,17). The Morgan fingerprint density at radius 1 is 1.56 bits per heavy atom. The molecule has 2 heterocycles. The monoisotopic (exact) mass is 331 g/mol. The fourth-order valence-corrected chi connectivity index (χ4v) is 4.04. The highest BCUT2D eigenvalue weighted by atomic mass is 79.9. The van der Waals surface area contributed by atoms with Crippen molar-refractivity contribution in [3.8, 4) is 0 Å². The SMILES string of the molecule is O=C(O)CCC1CCCN(Cc2ccc(Br)s2)C1. The molecule has 2 rings (SSSR count). The van der Waals surface area contributed by atoms with Crippen LogP contribution < -0.4 is 0 Å². The number of thiophene rings is 1. The van der Waals surface area contributed by atoms with Crippen LogP contribution in [0.3, 0.4) is 0 Å². The molecule has 100 valence electrons. The van der Waals surface area contributed by atoms with E-state index in [4.69, 9.17) is 5.11 Å². The molecule has 1 unspecified atom stereocenters. The number of hydrogen-bond acceptors (Lipinski definition) is 3. The Morgan fingerprint density at radius 3 is 3.06 bits per heavy atom. The van der Waals surface area contributed by atoms with Gasteiger partial charge in [-0.05, 0) is 59.8 Å². The van der Waals surface area contributed by atoms with E-state index >= 15 is 0 Å². The van der Waals surface area contributed by atoms with E-state index in [-0.39, 0.29) is 0 Å². The van der Waals surface area contributed by atoms with E-state index < -0.39 is 5.97 Å². The predicted molar refractivity (Wildman–Crippen MR) is 76.9 cm³/mol. The lowest BCUT2D eigenvalue weighted by Crippen LogP contribution is -2.34. The first-order valence-electron chi connectivity index (χ1n) is 6.32. The summed E-state index contributed by atoms with van der Waals surface area (Å²) in [6.45, 7) is 3.18. The molecule has 0 radical (unpaired) electrons. The van der Waals surface area contributed by atoms with Crippen molar-refractivity contribution in [2.24, 2.45) is 5.92 Å². The highest BCUT2D eigenvalue weighted by molar-refractivity contribution is 9.11. The van der Waals surface area contributed by atoms with Crippen LogP contribution in [0.5, 0.6) is 0 Å². The number of carboxylic acids is 1. The zero-order valence-electron chi connectivity index (χ0n) is 10.3. The molecule has 0 saturated carbocycles. The number of aliphatic carboxylic acids is 1. The van der Waals surface area contributed by atoms with Crippen molar-refractivity contribution in [3.05, 3.63) is 20.8 Å². The quantitative estimate of drug-likeness (QED) is 0.896. The van der Waals surface area contributed by atoms with Gasteiger partial charge in [0.05, 0.1) is 3.79 Å². The third-order valence-electron chi connectivity index (χ3n) is 3.38. The first-order valence-corrected chi connectivity index (χ1v) is 7.93. The molecule has 1 N–H and O–H groups in total. The van der Waals surface area contributed by atoms with Crippen molar-refractivity contribution in [2.45, 2.75) is 32.2 Å². The van der Waals surface area contributed by atoms with Crippen molar-refractivity contribution in [1.29, 1.82) is 0 Å². The summed E-state index contributed by atoms with van der Waals surface area (Å²) in [4.78, 5) is 14.4. The highest BCUT2D eigenvalue weighted by Gasteiger charge is 2.20. The van der Waals surface area contributed by atoms with Crippen molar-refractivity contribution in [3.63, 3.8) is 0 Å². The van der Waals surface area contributed by atoms with Crippen LogP contribution in [0.1, 0.15) is 30.6 Å². The Bertz CT molecular complexity index is 407. The smallest absolute Gasteiger partial charge is 0.303 e. The second-order valence-corrected chi connectivity index (χ2v) is 7.43. The van der Waals surface area contributed by atoms with E-state index in [1.54, 1.807) is 11.3 Å². The molecule has 0 bridgehead atoms. The number of hydrogen-bond donors (Lipinski definition) is 1. The maximum Gasteiger partial charge on any atom is 0.303 e. The summed E-state index contributed by atoms with van der Waals surface area (Å²) >= 11 is 5.27. The van der Waals surface area contributed by atoms with Crippen molar-refractivity contribution >= 4 is 33.2 Å². The first-order chi connectivity index (χ1) is 8.63. The van der Waals surface area contributed by atoms with E-state index in [1.807, 2.05) is 0 Å². The van der Waals surface area contributed by atoms with Gasteiger partial charge in [0.15, 0.2) is 0 Å². The van der Waals surface area contributed by atoms with E-state index in [2.05, 4.69) is 33.0 Å². The van der Waals surface area contributed by atoms with E-state index in [0.717, 1.165) is 26.1 Å². The second kappa shape index (κ2) is 6.68. The van der Waals surface area contributed by atoms with Gasteiger partial charge in [-0.1, -0.05) is 0 Å². The summed E-state index contributed by atoms with van der Waals surface area (Å²) in [5.41, 5.74) is 0. The summed E-state index contributed by atoms with van der Waals surface area (Å²) in [6, 6.07) is 4.25. The van der Waals surface area contributed by atoms with Crippen LogP contribution in [-0.4, -0.2) is 29.1 Å².